The van der Waals surface area contributed by atoms with Gasteiger partial charge in [-0.15, -0.1) is 0 Å². The van der Waals surface area contributed by atoms with Crippen molar-refractivity contribution in [1.29, 1.82) is 0 Å². The van der Waals surface area contributed by atoms with Crippen molar-refractivity contribution < 1.29 is 10.0 Å². The molecule has 0 fully saturated rings. The lowest BCUT2D eigenvalue weighted by Crippen LogP contribution is -2.23. The van der Waals surface area contributed by atoms with E-state index in [2.05, 4.69) is 5.10 Å². The Balaban J connectivity index is 2.21. The summed E-state index contributed by atoms with van der Waals surface area (Å²) in [5.41, 5.74) is 4.07. The first kappa shape index (κ1) is 16.5. The smallest absolute Gasteiger partial charge is 0.286 e. The van der Waals surface area contributed by atoms with Gasteiger partial charge in [0, 0.05) is 17.5 Å². The van der Waals surface area contributed by atoms with Gasteiger partial charge in [-0.25, -0.2) is 5.06 Å². The molecule has 3 aromatic rings. The van der Waals surface area contributed by atoms with Gasteiger partial charge in [-0.05, 0) is 37.1 Å². The molecule has 0 saturated carbocycles. The summed E-state index contributed by atoms with van der Waals surface area (Å²) in [6.45, 7) is 4.40. The second-order valence-corrected chi connectivity index (χ2v) is 6.31. The third-order valence-electron chi connectivity index (χ3n) is 3.95. The Bertz CT molecular complexity index is 931. The second kappa shape index (κ2) is 6.26. The van der Waals surface area contributed by atoms with E-state index in [1.165, 1.54) is 7.05 Å². The van der Waals surface area contributed by atoms with Crippen molar-refractivity contribution in [2.45, 2.75) is 20.4 Å². The highest BCUT2D eigenvalue weighted by molar-refractivity contribution is 6.31. The molecule has 5 nitrogen and oxygen atoms in total. The van der Waals surface area contributed by atoms with E-state index in [9.17, 15) is 10.0 Å². The molecule has 0 aliphatic heterocycles. The van der Waals surface area contributed by atoms with Crippen molar-refractivity contribution >= 4 is 28.4 Å². The van der Waals surface area contributed by atoms with Gasteiger partial charge >= 0.3 is 0 Å². The van der Waals surface area contributed by atoms with Crippen LogP contribution in [0.2, 0.25) is 5.02 Å². The van der Waals surface area contributed by atoms with Crippen LogP contribution in [-0.4, -0.2) is 33.0 Å². The molecule has 0 spiro atoms. The molecule has 24 heavy (non-hydrogen) atoms. The van der Waals surface area contributed by atoms with Crippen LogP contribution in [0.1, 0.15) is 27.2 Å². The zero-order valence-corrected chi connectivity index (χ0v) is 14.5. The lowest BCUT2D eigenvalue weighted by Gasteiger charge is -2.08. The predicted molar refractivity (Wildman–Crippen MR) is 93.6 cm³/mol. The molecule has 2 aromatic carbocycles. The summed E-state index contributed by atoms with van der Waals surface area (Å²) >= 11 is 6.25. The van der Waals surface area contributed by atoms with Crippen LogP contribution in [0.15, 0.2) is 36.4 Å². The number of halogens is 1. The molecule has 0 saturated heterocycles. The van der Waals surface area contributed by atoms with Gasteiger partial charge in [0.25, 0.3) is 5.91 Å². The van der Waals surface area contributed by atoms with Crippen LogP contribution < -0.4 is 0 Å². The Kier molecular flexibility index (Phi) is 4.30. The number of nitrogens with zero attached hydrogens (tertiary/aromatic N) is 3. The number of benzene rings is 2. The Hall–Kier alpha value is -2.37. The highest BCUT2D eigenvalue weighted by Gasteiger charge is 2.21. The van der Waals surface area contributed by atoms with Crippen LogP contribution in [0.4, 0.5) is 0 Å². The maximum atomic E-state index is 12.3. The standard InChI is InChI=1S/C18H18ClN3O2/c1-11-8-12(2)17-14(9-11)16(18(23)21(3)24)20-22(17)10-13-6-4-5-7-15(13)19/h4-9,24H,10H2,1-3H3. The number of aryl methyl sites for hydroxylation is 2. The summed E-state index contributed by atoms with van der Waals surface area (Å²) < 4.78 is 1.77. The van der Waals surface area contributed by atoms with E-state index in [1.807, 2.05) is 50.2 Å². The van der Waals surface area contributed by atoms with Crippen molar-refractivity contribution in [3.05, 3.63) is 63.8 Å². The van der Waals surface area contributed by atoms with Gasteiger partial charge < -0.3 is 0 Å². The van der Waals surface area contributed by atoms with Crippen molar-refractivity contribution in [2.75, 3.05) is 7.05 Å². The molecule has 1 aromatic heterocycles. The Morgan fingerprint density at radius 3 is 2.67 bits per heavy atom. The van der Waals surface area contributed by atoms with Crippen LogP contribution in [-0.2, 0) is 6.54 Å². The highest BCUT2D eigenvalue weighted by Crippen LogP contribution is 2.26. The average molecular weight is 344 g/mol. The summed E-state index contributed by atoms with van der Waals surface area (Å²) in [7, 11) is 1.30. The monoisotopic (exact) mass is 343 g/mol. The maximum Gasteiger partial charge on any atom is 0.298 e. The minimum Gasteiger partial charge on any atom is -0.286 e. The van der Waals surface area contributed by atoms with Crippen LogP contribution >= 0.6 is 11.6 Å². The van der Waals surface area contributed by atoms with Crippen LogP contribution in [0.5, 0.6) is 0 Å². The maximum absolute atomic E-state index is 12.3. The van der Waals surface area contributed by atoms with E-state index < -0.39 is 5.91 Å². The van der Waals surface area contributed by atoms with E-state index in [4.69, 9.17) is 11.6 Å². The molecule has 1 heterocycles. The number of hydroxylamine groups is 2. The van der Waals surface area contributed by atoms with Gasteiger partial charge in [0.1, 0.15) is 0 Å². The molecule has 0 aliphatic rings. The van der Waals surface area contributed by atoms with Crippen molar-refractivity contribution in [3.63, 3.8) is 0 Å². The number of aromatic nitrogens is 2. The van der Waals surface area contributed by atoms with E-state index in [-0.39, 0.29) is 5.69 Å². The molecule has 0 atom stereocenters. The van der Waals surface area contributed by atoms with E-state index in [0.717, 1.165) is 27.6 Å². The van der Waals surface area contributed by atoms with E-state index in [1.54, 1.807) is 4.68 Å². The van der Waals surface area contributed by atoms with E-state index in [0.29, 0.717) is 16.6 Å². The van der Waals surface area contributed by atoms with Crippen LogP contribution in [0.3, 0.4) is 0 Å². The molecule has 124 valence electrons. The van der Waals surface area contributed by atoms with Crippen LogP contribution in [0.25, 0.3) is 10.9 Å². The van der Waals surface area contributed by atoms with Gasteiger partial charge in [-0.1, -0.05) is 41.4 Å². The molecule has 0 radical (unpaired) electrons. The largest absolute Gasteiger partial charge is 0.298 e. The summed E-state index contributed by atoms with van der Waals surface area (Å²) in [6, 6.07) is 11.5. The van der Waals surface area contributed by atoms with Crippen molar-refractivity contribution in [1.82, 2.24) is 14.8 Å². The fourth-order valence-electron chi connectivity index (χ4n) is 2.92. The highest BCUT2D eigenvalue weighted by atomic mass is 35.5. The summed E-state index contributed by atoms with van der Waals surface area (Å²) in [5, 5.41) is 15.9. The molecular formula is C18H18ClN3O2. The quantitative estimate of drug-likeness (QED) is 0.581. The first-order valence-electron chi connectivity index (χ1n) is 7.56. The molecule has 6 heteroatoms. The first-order chi connectivity index (χ1) is 11.4. The van der Waals surface area contributed by atoms with Gasteiger partial charge in [0.2, 0.25) is 0 Å². The van der Waals surface area contributed by atoms with Crippen molar-refractivity contribution in [2.24, 2.45) is 0 Å². The lowest BCUT2D eigenvalue weighted by molar-refractivity contribution is -0.0378. The fraction of sp³-hybridized carbons (Fsp3) is 0.222. The average Bonchev–Trinajstić information content (AvgIpc) is 2.87. The Morgan fingerprint density at radius 2 is 2.00 bits per heavy atom. The summed E-state index contributed by atoms with van der Waals surface area (Å²) in [5.74, 6) is -0.539. The van der Waals surface area contributed by atoms with Crippen molar-refractivity contribution in [3.8, 4) is 0 Å². The molecule has 1 amide bonds. The van der Waals surface area contributed by atoms with E-state index >= 15 is 0 Å². The molecular weight excluding hydrogens is 326 g/mol. The minimum absolute atomic E-state index is 0.230. The molecule has 0 unspecified atom stereocenters. The zero-order chi connectivity index (χ0) is 17.4. The second-order valence-electron chi connectivity index (χ2n) is 5.90. The van der Waals surface area contributed by atoms with Crippen LogP contribution in [0, 0.1) is 13.8 Å². The van der Waals surface area contributed by atoms with Gasteiger partial charge in [0.05, 0.1) is 12.1 Å². The summed E-state index contributed by atoms with van der Waals surface area (Å²) in [6.07, 6.45) is 0. The lowest BCUT2D eigenvalue weighted by atomic mass is 10.1. The zero-order valence-electron chi connectivity index (χ0n) is 13.7. The van der Waals surface area contributed by atoms with Gasteiger partial charge in [-0.2, -0.15) is 5.10 Å². The number of hydrogen-bond acceptors (Lipinski definition) is 3. The SMILES string of the molecule is Cc1cc(C)c2c(c1)c(C(=O)N(C)O)nn2Cc1ccccc1Cl. The number of fused-ring (bicyclic) bond motifs is 1. The predicted octanol–water partition coefficient (Wildman–Crippen LogP) is 3.82. The summed E-state index contributed by atoms with van der Waals surface area (Å²) in [4.78, 5) is 12.3. The molecule has 1 N–H and O–H groups in total. The molecule has 3 rings (SSSR count). The Labute approximate surface area is 145 Å². The number of amides is 1. The molecule has 0 aliphatic carbocycles. The minimum atomic E-state index is -0.539. The topological polar surface area (TPSA) is 58.4 Å². The number of rotatable bonds is 3. The third-order valence-corrected chi connectivity index (χ3v) is 4.32. The number of hydrogen-bond donors (Lipinski definition) is 1. The number of carbonyl (C=O) groups excluding carboxylic acids is 1. The fourth-order valence-corrected chi connectivity index (χ4v) is 3.12. The van der Waals surface area contributed by atoms with Gasteiger partial charge in [-0.3, -0.25) is 14.7 Å². The first-order valence-corrected chi connectivity index (χ1v) is 7.94. The third kappa shape index (κ3) is 2.88. The normalized spacial score (nSPS) is 11.0. The Morgan fingerprint density at radius 1 is 1.29 bits per heavy atom. The van der Waals surface area contributed by atoms with Gasteiger partial charge in [0.15, 0.2) is 5.69 Å². The molecule has 0 bridgehead atoms. The number of carbonyl (C=O) groups is 1.